The Balaban J connectivity index is 1.69. The molecule has 178 valence electrons. The lowest BCUT2D eigenvalue weighted by molar-refractivity contribution is 0.0809. The van der Waals surface area contributed by atoms with Crippen LogP contribution in [0, 0.1) is 0 Å². The van der Waals surface area contributed by atoms with Crippen LogP contribution in [0.3, 0.4) is 0 Å². The van der Waals surface area contributed by atoms with Crippen LogP contribution in [-0.4, -0.2) is 26.0 Å². The van der Waals surface area contributed by atoms with E-state index in [1.54, 1.807) is 0 Å². The number of nitrogens with one attached hydrogen (secondary N) is 1. The molecule has 2 heterocycles. The van der Waals surface area contributed by atoms with E-state index in [4.69, 9.17) is 0 Å². The summed E-state index contributed by atoms with van der Waals surface area (Å²) in [6, 6.07) is 31.1. The Morgan fingerprint density at radius 2 is 1.63 bits per heavy atom. The molecule has 0 bridgehead atoms. The molecule has 4 nitrogen and oxygen atoms in total. The van der Waals surface area contributed by atoms with Crippen molar-refractivity contribution in [3.8, 4) is 0 Å². The Bertz CT molecular complexity index is 1270. The number of rotatable bonds is 11. The summed E-state index contributed by atoms with van der Waals surface area (Å²) >= 11 is 0. The van der Waals surface area contributed by atoms with Gasteiger partial charge in [-0.3, -0.25) is 4.90 Å². The summed E-state index contributed by atoms with van der Waals surface area (Å²) in [5.41, 5.74) is 4.81. The number of hydrogen-bond acceptors (Lipinski definition) is 2. The van der Waals surface area contributed by atoms with Gasteiger partial charge in [0.15, 0.2) is 0 Å². The first kappa shape index (κ1) is 23.1. The molecule has 0 aliphatic rings. The van der Waals surface area contributed by atoms with Gasteiger partial charge in [0.2, 0.25) is 0 Å². The summed E-state index contributed by atoms with van der Waals surface area (Å²) in [7, 11) is 0. The van der Waals surface area contributed by atoms with Gasteiger partial charge < -0.3 is 9.55 Å². The zero-order chi connectivity index (χ0) is 23.9. The minimum absolute atomic E-state index is 0.329. The van der Waals surface area contributed by atoms with Crippen LogP contribution < -0.4 is 0 Å². The first-order valence-electron chi connectivity index (χ1n) is 12.7. The third kappa shape index (κ3) is 4.94. The highest BCUT2D eigenvalue weighted by Gasteiger charge is 2.40. The molecule has 0 radical (unpaired) electrons. The van der Waals surface area contributed by atoms with Crippen molar-refractivity contribution in [3.63, 3.8) is 0 Å². The van der Waals surface area contributed by atoms with Crippen LogP contribution in [0.4, 0.5) is 0 Å². The summed E-state index contributed by atoms with van der Waals surface area (Å²) in [5.74, 6) is 0. The fourth-order valence-corrected chi connectivity index (χ4v) is 5.29. The molecule has 2 aromatic heterocycles. The van der Waals surface area contributed by atoms with Gasteiger partial charge in [0.05, 0.1) is 18.5 Å². The standard InChI is InChI=1S/C31H34N4/c1-2-3-10-20-35(25-34-21-19-32-24-34)31(28-11-6-4-7-12-28,29-13-8-5-9-14-29)23-26-15-16-30-27(22-26)17-18-33-30/h4-9,11-19,21-22,24,33H,2-3,10,20,23,25H2,1H3. The van der Waals surface area contributed by atoms with Gasteiger partial charge in [-0.15, -0.1) is 0 Å². The Labute approximate surface area is 208 Å². The number of aromatic amines is 1. The molecule has 0 unspecified atom stereocenters. The second-order valence-electron chi connectivity index (χ2n) is 9.36. The van der Waals surface area contributed by atoms with E-state index in [2.05, 4.69) is 117 Å². The molecule has 0 aliphatic carbocycles. The molecule has 0 saturated carbocycles. The predicted molar refractivity (Wildman–Crippen MR) is 144 cm³/mol. The molecule has 4 heteroatoms. The Morgan fingerprint density at radius 1 is 0.886 bits per heavy atom. The summed E-state index contributed by atoms with van der Waals surface area (Å²) in [4.78, 5) is 10.3. The topological polar surface area (TPSA) is 36.9 Å². The van der Waals surface area contributed by atoms with Crippen molar-refractivity contribution < 1.29 is 0 Å². The van der Waals surface area contributed by atoms with Gasteiger partial charge in [-0.2, -0.15) is 0 Å². The van der Waals surface area contributed by atoms with Gasteiger partial charge in [0.25, 0.3) is 0 Å². The number of nitrogens with zero attached hydrogens (tertiary/aromatic N) is 3. The molecule has 0 spiro atoms. The highest BCUT2D eigenvalue weighted by molar-refractivity contribution is 5.80. The van der Waals surface area contributed by atoms with E-state index in [9.17, 15) is 0 Å². The fraction of sp³-hybridized carbons (Fsp3) is 0.258. The fourth-order valence-electron chi connectivity index (χ4n) is 5.29. The molecule has 0 aliphatic heterocycles. The Hall–Kier alpha value is -3.63. The first-order chi connectivity index (χ1) is 17.3. The summed E-state index contributed by atoms with van der Waals surface area (Å²) in [5, 5.41) is 1.25. The summed E-state index contributed by atoms with van der Waals surface area (Å²) < 4.78 is 2.20. The van der Waals surface area contributed by atoms with Gasteiger partial charge in [-0.05, 0) is 53.1 Å². The number of unbranched alkanes of at least 4 members (excludes halogenated alkanes) is 2. The largest absolute Gasteiger partial charge is 0.361 e. The lowest BCUT2D eigenvalue weighted by Crippen LogP contribution is -2.50. The van der Waals surface area contributed by atoms with Crippen molar-refractivity contribution in [1.82, 2.24) is 19.4 Å². The first-order valence-corrected chi connectivity index (χ1v) is 12.7. The number of aromatic nitrogens is 3. The van der Waals surface area contributed by atoms with E-state index < -0.39 is 0 Å². The molecule has 3 aromatic carbocycles. The Kier molecular flexibility index (Phi) is 7.10. The van der Waals surface area contributed by atoms with Crippen LogP contribution in [0.25, 0.3) is 10.9 Å². The molecule has 0 saturated heterocycles. The van der Waals surface area contributed by atoms with Crippen molar-refractivity contribution in [1.29, 1.82) is 0 Å². The lowest BCUT2D eigenvalue weighted by Gasteiger charge is -2.46. The lowest BCUT2D eigenvalue weighted by atomic mass is 9.76. The van der Waals surface area contributed by atoms with E-state index in [1.165, 1.54) is 40.4 Å². The van der Waals surface area contributed by atoms with Crippen LogP contribution in [0.15, 0.2) is 110 Å². The number of fused-ring (bicyclic) bond motifs is 1. The minimum atomic E-state index is -0.329. The second kappa shape index (κ2) is 10.7. The number of imidazole rings is 1. The predicted octanol–water partition coefficient (Wildman–Crippen LogP) is 7.00. The molecular formula is C31H34N4. The molecule has 35 heavy (non-hydrogen) atoms. The summed E-state index contributed by atoms with van der Waals surface area (Å²) in [6.45, 7) is 4.05. The normalized spacial score (nSPS) is 11.9. The summed E-state index contributed by atoms with van der Waals surface area (Å²) in [6.07, 6.45) is 12.3. The van der Waals surface area contributed by atoms with E-state index in [0.717, 1.165) is 26.1 Å². The molecule has 5 aromatic rings. The van der Waals surface area contributed by atoms with E-state index in [0.29, 0.717) is 0 Å². The van der Waals surface area contributed by atoms with Gasteiger partial charge >= 0.3 is 0 Å². The smallest absolute Gasteiger partial charge is 0.0956 e. The molecular weight excluding hydrogens is 428 g/mol. The van der Waals surface area contributed by atoms with Gasteiger partial charge in [-0.1, -0.05) is 86.5 Å². The van der Waals surface area contributed by atoms with Gasteiger partial charge in [0, 0.05) is 30.7 Å². The molecule has 0 atom stereocenters. The average molecular weight is 463 g/mol. The van der Waals surface area contributed by atoms with Crippen LogP contribution in [0.5, 0.6) is 0 Å². The molecule has 5 rings (SSSR count). The van der Waals surface area contributed by atoms with E-state index in [1.807, 2.05) is 18.7 Å². The maximum atomic E-state index is 4.34. The van der Waals surface area contributed by atoms with E-state index in [-0.39, 0.29) is 5.54 Å². The number of H-pyrrole nitrogens is 1. The van der Waals surface area contributed by atoms with E-state index >= 15 is 0 Å². The zero-order valence-corrected chi connectivity index (χ0v) is 20.5. The maximum absolute atomic E-state index is 4.34. The molecule has 0 fully saturated rings. The minimum Gasteiger partial charge on any atom is -0.361 e. The number of hydrogen-bond donors (Lipinski definition) is 1. The van der Waals surface area contributed by atoms with Gasteiger partial charge in [-0.25, -0.2) is 4.98 Å². The highest BCUT2D eigenvalue weighted by atomic mass is 15.3. The maximum Gasteiger partial charge on any atom is 0.0956 e. The van der Waals surface area contributed by atoms with Crippen molar-refractivity contribution in [2.24, 2.45) is 0 Å². The SMILES string of the molecule is CCCCCN(Cn1ccnc1)C(Cc1ccc2[nH]ccc2c1)(c1ccccc1)c1ccccc1. The molecule has 1 N–H and O–H groups in total. The van der Waals surface area contributed by atoms with Crippen molar-refractivity contribution in [2.45, 2.75) is 44.8 Å². The Morgan fingerprint density at radius 3 is 2.29 bits per heavy atom. The second-order valence-corrected chi connectivity index (χ2v) is 9.36. The number of benzene rings is 3. The average Bonchev–Trinajstić information content (AvgIpc) is 3.60. The van der Waals surface area contributed by atoms with Gasteiger partial charge in [0.1, 0.15) is 0 Å². The van der Waals surface area contributed by atoms with Crippen LogP contribution in [-0.2, 0) is 18.6 Å². The third-order valence-electron chi connectivity index (χ3n) is 7.04. The highest BCUT2D eigenvalue weighted by Crippen LogP contribution is 2.40. The zero-order valence-electron chi connectivity index (χ0n) is 20.5. The monoisotopic (exact) mass is 462 g/mol. The third-order valence-corrected chi connectivity index (χ3v) is 7.04. The van der Waals surface area contributed by atoms with Crippen molar-refractivity contribution in [3.05, 3.63) is 127 Å². The van der Waals surface area contributed by atoms with Crippen molar-refractivity contribution >= 4 is 10.9 Å². The van der Waals surface area contributed by atoms with Crippen LogP contribution in [0.1, 0.15) is 42.9 Å². The molecule has 0 amide bonds. The van der Waals surface area contributed by atoms with Crippen LogP contribution in [0.2, 0.25) is 0 Å². The quantitative estimate of drug-likeness (QED) is 0.215. The van der Waals surface area contributed by atoms with Crippen LogP contribution >= 0.6 is 0 Å². The van der Waals surface area contributed by atoms with Crippen molar-refractivity contribution in [2.75, 3.05) is 6.54 Å².